The van der Waals surface area contributed by atoms with E-state index in [1.165, 1.54) is 66.8 Å². The average Bonchev–Trinajstić information content (AvgIpc) is 3.20. The third kappa shape index (κ3) is 12.0. The van der Waals surface area contributed by atoms with Crippen LogP contribution in [0.3, 0.4) is 0 Å². The summed E-state index contributed by atoms with van der Waals surface area (Å²) in [7, 11) is 0. The fraction of sp³-hybridized carbons (Fsp3) is 0.154. The predicted octanol–water partition coefficient (Wildman–Crippen LogP) is 13.9. The van der Waals surface area contributed by atoms with Crippen LogP contribution in [0.4, 0.5) is 40.2 Å². The van der Waals surface area contributed by atoms with Gasteiger partial charge in [-0.15, -0.1) is 0 Å². The molecule has 0 saturated heterocycles. The molecule has 0 aliphatic heterocycles. The van der Waals surface area contributed by atoms with E-state index in [1.807, 2.05) is 38.1 Å². The summed E-state index contributed by atoms with van der Waals surface area (Å²) in [5.74, 6) is 1.95. The summed E-state index contributed by atoms with van der Waals surface area (Å²) in [6.07, 6.45) is 6.57. The van der Waals surface area contributed by atoms with Gasteiger partial charge in [-0.1, -0.05) is 84.4 Å². The molecule has 61 heavy (non-hydrogen) atoms. The van der Waals surface area contributed by atoms with Crippen molar-refractivity contribution in [3.05, 3.63) is 196 Å². The number of aromatic nitrogens is 4. The maximum absolute atomic E-state index is 6.01. The van der Waals surface area contributed by atoms with Crippen LogP contribution in [-0.4, -0.2) is 19.9 Å². The summed E-state index contributed by atoms with van der Waals surface area (Å²) in [5, 5.41) is 10.3. The second-order valence-corrected chi connectivity index (χ2v) is 15.7. The summed E-state index contributed by atoms with van der Waals surface area (Å²) >= 11 is 6.01. The molecule has 0 fully saturated rings. The van der Waals surface area contributed by atoms with E-state index >= 15 is 0 Å². The smallest absolute Gasteiger partial charge is 0.173 e. The standard InChI is InChI=1S/C26H26N4.C18H16ClN3.C8H11N/c1-17-14-18(2)16-23(15-17)30-26-25(27-12-13-28-26)29-22-10-8-21(9-11-22)24-19(3)6-5-7-20(24)4;1-12-4-3-5-13(2)16(12)14-6-8-15(9-7-14)22-18-17(19)20-10-11-21-18;1-6-3-7(2)5-8(9)4-6/h5-16H,1-4H3,(H,27,29)(H,28,30);3-11H,1-2H3,(H,21,22);3-5H,9H2,1-2H3. The van der Waals surface area contributed by atoms with E-state index in [-0.39, 0.29) is 0 Å². The highest BCUT2D eigenvalue weighted by molar-refractivity contribution is 6.31. The zero-order valence-corrected chi connectivity index (χ0v) is 36.9. The number of hydrogen-bond donors (Lipinski definition) is 4. The molecule has 0 amide bonds. The Hall–Kier alpha value is -7.03. The van der Waals surface area contributed by atoms with Crippen LogP contribution < -0.4 is 21.7 Å². The Bertz CT molecular complexity index is 2620. The minimum Gasteiger partial charge on any atom is -0.399 e. The van der Waals surface area contributed by atoms with Crippen molar-refractivity contribution in [2.24, 2.45) is 0 Å². The molecule has 0 radical (unpaired) electrons. The predicted molar refractivity (Wildman–Crippen MR) is 258 cm³/mol. The SMILES string of the molecule is Cc1cc(C)cc(N)c1.Cc1cc(C)cc(Nc2nccnc2Nc2ccc(-c3c(C)cccc3C)cc2)c1.Cc1cccc(C)c1-c1ccc(Nc2nccnc2Cl)cc1. The van der Waals surface area contributed by atoms with E-state index < -0.39 is 0 Å². The van der Waals surface area contributed by atoms with Crippen molar-refractivity contribution in [3.63, 3.8) is 0 Å². The van der Waals surface area contributed by atoms with Gasteiger partial charge in [-0.25, -0.2) is 19.9 Å². The van der Waals surface area contributed by atoms with Crippen molar-refractivity contribution in [1.82, 2.24) is 19.9 Å². The van der Waals surface area contributed by atoms with Crippen LogP contribution in [-0.2, 0) is 0 Å². The minimum atomic E-state index is 0.362. The molecule has 0 atom stereocenters. The van der Waals surface area contributed by atoms with Gasteiger partial charge in [0.1, 0.15) is 0 Å². The Kier molecular flexibility index (Phi) is 14.5. The maximum atomic E-state index is 6.01. The van der Waals surface area contributed by atoms with E-state index in [4.69, 9.17) is 17.3 Å². The van der Waals surface area contributed by atoms with Crippen LogP contribution in [0, 0.1) is 55.4 Å². The number of benzene rings is 6. The first-order valence-corrected chi connectivity index (χ1v) is 20.5. The van der Waals surface area contributed by atoms with E-state index in [0.29, 0.717) is 22.6 Å². The third-order valence-electron chi connectivity index (χ3n) is 9.92. The summed E-state index contributed by atoms with van der Waals surface area (Å²) in [6, 6.07) is 41.8. The topological polar surface area (TPSA) is 114 Å². The van der Waals surface area contributed by atoms with Gasteiger partial charge in [0, 0.05) is 47.5 Å². The van der Waals surface area contributed by atoms with E-state index in [1.54, 1.807) is 24.8 Å². The van der Waals surface area contributed by atoms with Gasteiger partial charge >= 0.3 is 0 Å². The Morgan fingerprint density at radius 2 is 0.738 bits per heavy atom. The molecule has 308 valence electrons. The molecule has 8 aromatic rings. The lowest BCUT2D eigenvalue weighted by molar-refractivity contribution is 1.19. The van der Waals surface area contributed by atoms with Gasteiger partial charge in [0.2, 0.25) is 0 Å². The van der Waals surface area contributed by atoms with Gasteiger partial charge in [-0.2, -0.15) is 0 Å². The van der Waals surface area contributed by atoms with Crippen molar-refractivity contribution >= 4 is 51.8 Å². The molecule has 9 heteroatoms. The van der Waals surface area contributed by atoms with Crippen molar-refractivity contribution in [2.45, 2.75) is 55.4 Å². The van der Waals surface area contributed by atoms with Gasteiger partial charge in [0.25, 0.3) is 0 Å². The third-order valence-corrected chi connectivity index (χ3v) is 10.2. The largest absolute Gasteiger partial charge is 0.399 e. The summed E-state index contributed by atoms with van der Waals surface area (Å²) in [4.78, 5) is 17.2. The molecule has 5 N–H and O–H groups in total. The number of nitrogens with one attached hydrogen (secondary N) is 3. The number of aryl methyl sites for hydroxylation is 8. The second-order valence-electron chi connectivity index (χ2n) is 15.3. The van der Waals surface area contributed by atoms with Crippen molar-refractivity contribution < 1.29 is 0 Å². The molecule has 0 unspecified atom stereocenters. The highest BCUT2D eigenvalue weighted by atomic mass is 35.5. The molecule has 2 aromatic heterocycles. The molecule has 6 aromatic carbocycles. The number of hydrogen-bond acceptors (Lipinski definition) is 8. The molecule has 0 saturated carbocycles. The lowest BCUT2D eigenvalue weighted by atomic mass is 9.96. The van der Waals surface area contributed by atoms with Crippen molar-refractivity contribution in [2.75, 3.05) is 21.7 Å². The van der Waals surface area contributed by atoms with Crippen LogP contribution >= 0.6 is 11.6 Å². The molecule has 0 aliphatic carbocycles. The van der Waals surface area contributed by atoms with E-state index in [9.17, 15) is 0 Å². The number of nitrogens with two attached hydrogens (primary N) is 1. The number of rotatable bonds is 8. The lowest BCUT2D eigenvalue weighted by Gasteiger charge is -2.14. The summed E-state index contributed by atoms with van der Waals surface area (Å²) < 4.78 is 0. The fourth-order valence-electron chi connectivity index (χ4n) is 7.37. The Labute approximate surface area is 365 Å². The molecule has 0 spiro atoms. The Morgan fingerprint density at radius 3 is 1.13 bits per heavy atom. The molecule has 2 heterocycles. The van der Waals surface area contributed by atoms with Gasteiger partial charge in [-0.3, -0.25) is 0 Å². The Morgan fingerprint density at radius 1 is 0.393 bits per heavy atom. The molecule has 8 rings (SSSR count). The van der Waals surface area contributed by atoms with E-state index in [0.717, 1.165) is 22.7 Å². The molecular formula is C52H53ClN8. The Balaban J connectivity index is 0.000000175. The fourth-order valence-corrected chi connectivity index (χ4v) is 7.53. The van der Waals surface area contributed by atoms with Gasteiger partial charge < -0.3 is 21.7 Å². The quantitative estimate of drug-likeness (QED) is 0.112. The van der Waals surface area contributed by atoms with Crippen LogP contribution in [0.25, 0.3) is 22.3 Å². The first-order valence-electron chi connectivity index (χ1n) is 20.2. The second kappa shape index (κ2) is 20.3. The monoisotopic (exact) mass is 824 g/mol. The molecular weight excluding hydrogens is 772 g/mol. The zero-order valence-electron chi connectivity index (χ0n) is 36.1. The summed E-state index contributed by atoms with van der Waals surface area (Å²) in [5.41, 5.74) is 24.3. The first kappa shape index (κ1) is 43.5. The lowest BCUT2D eigenvalue weighted by Crippen LogP contribution is -2.02. The highest BCUT2D eigenvalue weighted by Gasteiger charge is 2.10. The normalized spacial score (nSPS) is 10.4. The maximum Gasteiger partial charge on any atom is 0.173 e. The van der Waals surface area contributed by atoms with Gasteiger partial charge in [-0.05, 0) is 171 Å². The van der Waals surface area contributed by atoms with Crippen LogP contribution in [0.5, 0.6) is 0 Å². The van der Waals surface area contributed by atoms with Gasteiger partial charge in [0.15, 0.2) is 22.6 Å². The van der Waals surface area contributed by atoms with Crippen LogP contribution in [0.15, 0.2) is 146 Å². The summed E-state index contributed by atoms with van der Waals surface area (Å²) in [6.45, 7) is 16.8. The number of halogens is 1. The number of nitrogen functional groups attached to an aromatic ring is 1. The van der Waals surface area contributed by atoms with Crippen molar-refractivity contribution in [3.8, 4) is 22.3 Å². The number of anilines is 7. The average molecular weight is 826 g/mol. The number of nitrogens with zero attached hydrogens (tertiary/aromatic N) is 4. The molecule has 0 bridgehead atoms. The van der Waals surface area contributed by atoms with Crippen LogP contribution in [0.1, 0.15) is 44.5 Å². The van der Waals surface area contributed by atoms with Gasteiger partial charge in [0.05, 0.1) is 0 Å². The minimum absolute atomic E-state index is 0.362. The molecule has 8 nitrogen and oxygen atoms in total. The van der Waals surface area contributed by atoms with Crippen LogP contribution in [0.2, 0.25) is 5.15 Å². The first-order chi connectivity index (χ1) is 29.3. The van der Waals surface area contributed by atoms with Crippen molar-refractivity contribution in [1.29, 1.82) is 0 Å². The molecule has 0 aliphatic rings. The van der Waals surface area contributed by atoms with E-state index in [2.05, 4.69) is 174 Å². The zero-order chi connectivity index (χ0) is 43.5. The highest BCUT2D eigenvalue weighted by Crippen LogP contribution is 2.31.